The van der Waals surface area contributed by atoms with E-state index in [0.29, 0.717) is 12.1 Å². The molecule has 1 fully saturated rings. The third-order valence-corrected chi connectivity index (χ3v) is 4.90. The van der Waals surface area contributed by atoms with E-state index in [2.05, 4.69) is 10.6 Å². The van der Waals surface area contributed by atoms with E-state index in [1.807, 2.05) is 53.4 Å². The molecule has 0 radical (unpaired) electrons. The van der Waals surface area contributed by atoms with Gasteiger partial charge in [0.25, 0.3) is 5.91 Å². The smallest absolute Gasteiger partial charge is 0.251 e. The highest BCUT2D eigenvalue weighted by atomic mass is 16.2. The quantitative estimate of drug-likeness (QED) is 0.903. The lowest BCUT2D eigenvalue weighted by Crippen LogP contribution is -2.36. The van der Waals surface area contributed by atoms with E-state index in [4.69, 9.17) is 0 Å². The van der Waals surface area contributed by atoms with Crippen molar-refractivity contribution in [3.05, 3.63) is 65.2 Å². The van der Waals surface area contributed by atoms with Crippen LogP contribution in [0.15, 0.2) is 48.5 Å². The average molecular weight is 335 g/mol. The van der Waals surface area contributed by atoms with Gasteiger partial charge in [-0.3, -0.25) is 9.59 Å². The number of carbonyl (C=O) groups excluding carboxylic acids is 2. The number of nitrogens with zero attached hydrogens (tertiary/aromatic N) is 1. The van der Waals surface area contributed by atoms with Crippen LogP contribution < -0.4 is 10.6 Å². The molecule has 5 heteroatoms. The third kappa shape index (κ3) is 3.09. The fourth-order valence-electron chi connectivity index (χ4n) is 3.52. The van der Waals surface area contributed by atoms with Crippen molar-refractivity contribution in [1.29, 1.82) is 0 Å². The maximum absolute atomic E-state index is 13.0. The lowest BCUT2D eigenvalue weighted by molar-refractivity contribution is -0.131. The molecule has 25 heavy (non-hydrogen) atoms. The predicted molar refractivity (Wildman–Crippen MR) is 96.2 cm³/mol. The fraction of sp³-hybridized carbons (Fsp3) is 0.300. The lowest BCUT2D eigenvalue weighted by atomic mass is 10.0. The molecule has 1 saturated heterocycles. The van der Waals surface area contributed by atoms with Crippen LogP contribution in [-0.4, -0.2) is 29.8 Å². The summed E-state index contributed by atoms with van der Waals surface area (Å²) in [6.45, 7) is 2.20. The Labute approximate surface area is 147 Å². The van der Waals surface area contributed by atoms with Crippen molar-refractivity contribution in [2.75, 3.05) is 18.4 Å². The molecule has 2 heterocycles. The van der Waals surface area contributed by atoms with E-state index in [9.17, 15) is 9.59 Å². The van der Waals surface area contributed by atoms with Crippen LogP contribution in [0.5, 0.6) is 0 Å². The summed E-state index contributed by atoms with van der Waals surface area (Å²) in [5.41, 5.74) is 3.41. The molecule has 0 spiro atoms. The molecule has 0 unspecified atom stereocenters. The molecule has 5 nitrogen and oxygen atoms in total. The molecular formula is C20H21N3O2. The number of anilines is 1. The van der Waals surface area contributed by atoms with Crippen LogP contribution in [0.4, 0.5) is 5.69 Å². The average Bonchev–Trinajstić information content (AvgIpc) is 3.30. The zero-order valence-corrected chi connectivity index (χ0v) is 14.0. The van der Waals surface area contributed by atoms with Crippen LogP contribution in [0.3, 0.4) is 0 Å². The molecule has 2 amide bonds. The van der Waals surface area contributed by atoms with Crippen molar-refractivity contribution in [3.63, 3.8) is 0 Å². The van der Waals surface area contributed by atoms with Crippen molar-refractivity contribution in [3.8, 4) is 0 Å². The highest BCUT2D eigenvalue weighted by molar-refractivity contribution is 5.99. The Bertz CT molecular complexity index is 798. The summed E-state index contributed by atoms with van der Waals surface area (Å²) >= 11 is 0. The highest BCUT2D eigenvalue weighted by Gasteiger charge is 2.28. The topological polar surface area (TPSA) is 61.4 Å². The highest BCUT2D eigenvalue weighted by Crippen LogP contribution is 2.26. The van der Waals surface area contributed by atoms with E-state index >= 15 is 0 Å². The van der Waals surface area contributed by atoms with Crippen molar-refractivity contribution >= 4 is 17.5 Å². The summed E-state index contributed by atoms with van der Waals surface area (Å²) in [6.07, 6.45) is 2.12. The molecule has 2 aromatic carbocycles. The number of nitrogens with one attached hydrogen (secondary N) is 2. The zero-order chi connectivity index (χ0) is 17.2. The predicted octanol–water partition coefficient (Wildman–Crippen LogP) is 2.71. The minimum atomic E-state index is -0.443. The number of hydrogen-bond donors (Lipinski definition) is 2. The molecule has 0 aromatic heterocycles. The summed E-state index contributed by atoms with van der Waals surface area (Å²) in [7, 11) is 0. The molecular weight excluding hydrogens is 314 g/mol. The van der Waals surface area contributed by atoms with Gasteiger partial charge in [-0.1, -0.05) is 36.4 Å². The summed E-state index contributed by atoms with van der Waals surface area (Å²) < 4.78 is 0. The summed E-state index contributed by atoms with van der Waals surface area (Å²) in [4.78, 5) is 26.9. The van der Waals surface area contributed by atoms with E-state index in [0.717, 1.165) is 42.7 Å². The third-order valence-electron chi connectivity index (χ3n) is 4.90. The van der Waals surface area contributed by atoms with Gasteiger partial charge in [0.1, 0.15) is 6.04 Å². The van der Waals surface area contributed by atoms with Gasteiger partial charge in [0.2, 0.25) is 5.91 Å². The molecule has 0 aliphatic carbocycles. The van der Waals surface area contributed by atoms with Crippen LogP contribution in [-0.2, 0) is 11.3 Å². The van der Waals surface area contributed by atoms with Gasteiger partial charge in [-0.15, -0.1) is 0 Å². The molecule has 2 aliphatic rings. The second kappa shape index (κ2) is 6.59. The first-order chi connectivity index (χ1) is 12.2. The number of fused-ring (bicyclic) bond motifs is 1. The van der Waals surface area contributed by atoms with Crippen molar-refractivity contribution in [2.45, 2.75) is 25.4 Å². The first-order valence-corrected chi connectivity index (χ1v) is 8.74. The van der Waals surface area contributed by atoms with Gasteiger partial charge in [-0.2, -0.15) is 0 Å². The number of carbonyl (C=O) groups is 2. The normalized spacial score (nSPS) is 17.1. The number of benzene rings is 2. The molecule has 1 atom stereocenters. The zero-order valence-electron chi connectivity index (χ0n) is 14.0. The number of likely N-dealkylation sites (tertiary alicyclic amines) is 1. The summed E-state index contributed by atoms with van der Waals surface area (Å²) in [5.74, 6) is 0.0365. The van der Waals surface area contributed by atoms with E-state index < -0.39 is 6.04 Å². The molecule has 2 N–H and O–H groups in total. The molecule has 0 saturated carbocycles. The fourth-order valence-corrected chi connectivity index (χ4v) is 3.52. The monoisotopic (exact) mass is 335 g/mol. The molecule has 4 rings (SSSR count). The molecule has 2 aromatic rings. The van der Waals surface area contributed by atoms with Crippen LogP contribution in [0, 0.1) is 0 Å². The Morgan fingerprint density at radius 3 is 2.60 bits per heavy atom. The maximum atomic E-state index is 13.0. The molecule has 2 aliphatic heterocycles. The van der Waals surface area contributed by atoms with E-state index in [1.54, 1.807) is 0 Å². The van der Waals surface area contributed by atoms with Gasteiger partial charge in [-0.25, -0.2) is 0 Å². The number of rotatable bonds is 4. The number of hydrogen-bond acceptors (Lipinski definition) is 3. The Kier molecular flexibility index (Phi) is 4.14. The molecule has 0 bridgehead atoms. The van der Waals surface area contributed by atoms with E-state index in [-0.39, 0.29) is 11.8 Å². The van der Waals surface area contributed by atoms with Gasteiger partial charge in [0.15, 0.2) is 0 Å². The second-order valence-electron chi connectivity index (χ2n) is 6.58. The Hall–Kier alpha value is -2.82. The van der Waals surface area contributed by atoms with Crippen molar-refractivity contribution in [1.82, 2.24) is 10.2 Å². The number of amides is 2. The van der Waals surface area contributed by atoms with Gasteiger partial charge >= 0.3 is 0 Å². The maximum Gasteiger partial charge on any atom is 0.251 e. The van der Waals surface area contributed by atoms with Crippen molar-refractivity contribution in [2.24, 2.45) is 0 Å². The summed E-state index contributed by atoms with van der Waals surface area (Å²) in [5, 5.41) is 6.17. The van der Waals surface area contributed by atoms with Crippen LogP contribution in [0.2, 0.25) is 0 Å². The Morgan fingerprint density at radius 1 is 1.08 bits per heavy atom. The van der Waals surface area contributed by atoms with Crippen LogP contribution in [0.25, 0.3) is 0 Å². The first kappa shape index (κ1) is 15.7. The van der Waals surface area contributed by atoms with Crippen LogP contribution >= 0.6 is 0 Å². The van der Waals surface area contributed by atoms with Gasteiger partial charge in [-0.05, 0) is 36.1 Å². The van der Waals surface area contributed by atoms with Gasteiger partial charge < -0.3 is 15.5 Å². The second-order valence-corrected chi connectivity index (χ2v) is 6.58. The Morgan fingerprint density at radius 2 is 1.84 bits per heavy atom. The minimum absolute atomic E-state index is 0.0548. The van der Waals surface area contributed by atoms with E-state index in [1.165, 1.54) is 0 Å². The van der Waals surface area contributed by atoms with Crippen molar-refractivity contribution < 1.29 is 9.59 Å². The van der Waals surface area contributed by atoms with Gasteiger partial charge in [0.05, 0.1) is 0 Å². The molecule has 128 valence electrons. The SMILES string of the molecule is O=C1NCc2ccc(N[C@H](C(=O)N3CCCC3)c3ccccc3)cc21. The Balaban J connectivity index is 1.63. The van der Waals surface area contributed by atoms with Gasteiger partial charge in [0, 0.05) is 30.9 Å². The first-order valence-electron chi connectivity index (χ1n) is 8.74. The summed E-state index contributed by atoms with van der Waals surface area (Å²) in [6, 6.07) is 15.0. The largest absolute Gasteiger partial charge is 0.370 e. The standard InChI is InChI=1S/C20H21N3O2/c24-19-17-12-16(9-8-15(17)13-21-19)22-18(14-6-2-1-3-7-14)20(25)23-10-4-5-11-23/h1-3,6-9,12,18,22H,4-5,10-11,13H2,(H,21,24)/t18-/m0/s1. The lowest BCUT2D eigenvalue weighted by Gasteiger charge is -2.25. The van der Waals surface area contributed by atoms with Crippen LogP contribution in [0.1, 0.15) is 40.4 Å². The minimum Gasteiger partial charge on any atom is -0.370 e.